The molecule has 5 heteroatoms. The lowest BCUT2D eigenvalue weighted by atomic mass is 10.1. The zero-order valence-electron chi connectivity index (χ0n) is 13.4. The summed E-state index contributed by atoms with van der Waals surface area (Å²) in [7, 11) is 0. The summed E-state index contributed by atoms with van der Waals surface area (Å²) in [6.45, 7) is 0.351. The number of benzene rings is 2. The van der Waals surface area contributed by atoms with E-state index in [1.807, 2.05) is 53.2 Å². The van der Waals surface area contributed by atoms with Gasteiger partial charge in [-0.3, -0.25) is 0 Å². The van der Waals surface area contributed by atoms with Crippen molar-refractivity contribution in [1.82, 2.24) is 9.38 Å². The summed E-state index contributed by atoms with van der Waals surface area (Å²) in [6, 6.07) is 17.6. The van der Waals surface area contributed by atoms with Crippen LogP contribution in [0, 0.1) is 5.82 Å². The molecule has 2 aromatic heterocycles. The van der Waals surface area contributed by atoms with E-state index in [2.05, 4.69) is 4.98 Å². The molecule has 0 aliphatic heterocycles. The van der Waals surface area contributed by atoms with E-state index in [0.29, 0.717) is 12.4 Å². The Labute approximate surface area is 144 Å². The zero-order valence-corrected chi connectivity index (χ0v) is 13.4. The first kappa shape index (κ1) is 15.2. The van der Waals surface area contributed by atoms with E-state index in [1.54, 1.807) is 12.1 Å². The van der Waals surface area contributed by atoms with Crippen molar-refractivity contribution >= 4 is 11.3 Å². The molecule has 0 saturated heterocycles. The van der Waals surface area contributed by atoms with Crippen LogP contribution in [0.2, 0.25) is 0 Å². The number of rotatable bonds is 4. The Balaban J connectivity index is 1.63. The Hall–Kier alpha value is -3.34. The fourth-order valence-electron chi connectivity index (χ4n) is 2.63. The molecule has 0 saturated carbocycles. The Morgan fingerprint density at radius 3 is 2.52 bits per heavy atom. The van der Waals surface area contributed by atoms with Crippen LogP contribution in [0.15, 0.2) is 73.1 Å². The normalized spacial score (nSPS) is 10.9. The van der Waals surface area contributed by atoms with Crippen LogP contribution < -0.4 is 10.5 Å². The maximum atomic E-state index is 13.0. The summed E-state index contributed by atoms with van der Waals surface area (Å²) in [5, 5.41) is 0. The first-order valence-electron chi connectivity index (χ1n) is 7.90. The van der Waals surface area contributed by atoms with Gasteiger partial charge in [0.05, 0.1) is 5.69 Å². The SMILES string of the molecule is Nc1ccc(-c2cn3cccc(OCc4ccc(F)cc4)c3n2)cc1. The maximum Gasteiger partial charge on any atom is 0.180 e. The monoisotopic (exact) mass is 333 g/mol. The van der Waals surface area contributed by atoms with Gasteiger partial charge < -0.3 is 14.9 Å². The minimum atomic E-state index is -0.257. The number of ether oxygens (including phenoxy) is 1. The van der Waals surface area contributed by atoms with E-state index in [4.69, 9.17) is 10.5 Å². The fraction of sp³-hybridized carbons (Fsp3) is 0.0500. The van der Waals surface area contributed by atoms with E-state index in [-0.39, 0.29) is 5.82 Å². The highest BCUT2D eigenvalue weighted by molar-refractivity contribution is 5.67. The van der Waals surface area contributed by atoms with E-state index >= 15 is 0 Å². The third kappa shape index (κ3) is 3.17. The Morgan fingerprint density at radius 2 is 1.76 bits per heavy atom. The Kier molecular flexibility index (Phi) is 3.82. The van der Waals surface area contributed by atoms with Crippen molar-refractivity contribution in [1.29, 1.82) is 0 Å². The fourth-order valence-corrected chi connectivity index (χ4v) is 2.63. The number of imidazole rings is 1. The zero-order chi connectivity index (χ0) is 17.2. The van der Waals surface area contributed by atoms with Gasteiger partial charge in [-0.15, -0.1) is 0 Å². The van der Waals surface area contributed by atoms with Gasteiger partial charge in [-0.1, -0.05) is 24.3 Å². The summed E-state index contributed by atoms with van der Waals surface area (Å²) in [5.74, 6) is 0.417. The number of nitrogen functional groups attached to an aromatic ring is 1. The van der Waals surface area contributed by atoms with Gasteiger partial charge in [0.2, 0.25) is 0 Å². The van der Waals surface area contributed by atoms with E-state index < -0.39 is 0 Å². The number of aromatic nitrogens is 2. The number of halogens is 1. The highest BCUT2D eigenvalue weighted by atomic mass is 19.1. The molecule has 0 spiro atoms. The number of fused-ring (bicyclic) bond motifs is 1. The highest BCUT2D eigenvalue weighted by Gasteiger charge is 2.09. The Morgan fingerprint density at radius 1 is 1.00 bits per heavy atom. The molecule has 0 aliphatic rings. The van der Waals surface area contributed by atoms with Crippen LogP contribution in [0.4, 0.5) is 10.1 Å². The molecular weight excluding hydrogens is 317 g/mol. The second kappa shape index (κ2) is 6.28. The van der Waals surface area contributed by atoms with Crippen LogP contribution in [0.3, 0.4) is 0 Å². The molecule has 4 nitrogen and oxygen atoms in total. The molecule has 0 fully saturated rings. The highest BCUT2D eigenvalue weighted by Crippen LogP contribution is 2.25. The standard InChI is InChI=1S/C20H16FN3O/c21-16-7-3-14(4-8-16)13-25-19-2-1-11-24-12-18(23-20(19)24)15-5-9-17(22)10-6-15/h1-12H,13,22H2. The molecular formula is C20H16FN3O. The molecule has 4 aromatic rings. The van der Waals surface area contributed by atoms with Gasteiger partial charge >= 0.3 is 0 Å². The minimum Gasteiger partial charge on any atom is -0.485 e. The van der Waals surface area contributed by atoms with Crippen LogP contribution in [-0.4, -0.2) is 9.38 Å². The first-order valence-corrected chi connectivity index (χ1v) is 7.90. The number of anilines is 1. The quantitative estimate of drug-likeness (QED) is 0.567. The van der Waals surface area contributed by atoms with Gasteiger partial charge in [0, 0.05) is 23.6 Å². The lowest BCUT2D eigenvalue weighted by Gasteiger charge is -2.07. The molecule has 124 valence electrons. The van der Waals surface area contributed by atoms with E-state index in [0.717, 1.165) is 28.2 Å². The Bertz CT molecular complexity index is 1010. The molecule has 0 bridgehead atoms. The van der Waals surface area contributed by atoms with E-state index in [9.17, 15) is 4.39 Å². The minimum absolute atomic E-state index is 0.257. The van der Waals surface area contributed by atoms with Crippen LogP contribution in [0.5, 0.6) is 5.75 Å². The molecule has 0 radical (unpaired) electrons. The molecule has 2 heterocycles. The van der Waals surface area contributed by atoms with Gasteiger partial charge in [0.1, 0.15) is 12.4 Å². The average molecular weight is 333 g/mol. The van der Waals surface area contributed by atoms with E-state index in [1.165, 1.54) is 12.1 Å². The molecule has 2 N–H and O–H groups in total. The number of nitrogens with two attached hydrogens (primary N) is 1. The second-order valence-corrected chi connectivity index (χ2v) is 5.77. The van der Waals surface area contributed by atoms with Crippen molar-refractivity contribution in [2.24, 2.45) is 0 Å². The van der Waals surface area contributed by atoms with Crippen molar-refractivity contribution in [2.75, 3.05) is 5.73 Å². The third-order valence-corrected chi connectivity index (χ3v) is 3.96. The summed E-state index contributed by atoms with van der Waals surface area (Å²) in [4.78, 5) is 4.68. The topological polar surface area (TPSA) is 52.5 Å². The summed E-state index contributed by atoms with van der Waals surface area (Å²) < 4.78 is 20.8. The van der Waals surface area contributed by atoms with Gasteiger partial charge in [-0.05, 0) is 42.0 Å². The number of pyridine rings is 1. The predicted octanol–water partition coefficient (Wildman–Crippen LogP) is 4.30. The lowest BCUT2D eigenvalue weighted by molar-refractivity contribution is 0.308. The largest absolute Gasteiger partial charge is 0.485 e. The second-order valence-electron chi connectivity index (χ2n) is 5.77. The van der Waals surface area contributed by atoms with Crippen molar-refractivity contribution in [2.45, 2.75) is 6.61 Å². The third-order valence-electron chi connectivity index (χ3n) is 3.96. The molecule has 25 heavy (non-hydrogen) atoms. The molecule has 0 amide bonds. The number of hydrogen-bond donors (Lipinski definition) is 1. The molecule has 0 atom stereocenters. The van der Waals surface area contributed by atoms with Gasteiger partial charge in [-0.25, -0.2) is 9.37 Å². The molecule has 0 aliphatic carbocycles. The molecule has 0 unspecified atom stereocenters. The predicted molar refractivity (Wildman–Crippen MR) is 95.8 cm³/mol. The van der Waals surface area contributed by atoms with Gasteiger partial charge in [-0.2, -0.15) is 0 Å². The van der Waals surface area contributed by atoms with Crippen LogP contribution in [0.25, 0.3) is 16.9 Å². The molecule has 2 aromatic carbocycles. The smallest absolute Gasteiger partial charge is 0.180 e. The number of hydrogen-bond acceptors (Lipinski definition) is 3. The average Bonchev–Trinajstić information content (AvgIpc) is 3.06. The molecule has 4 rings (SSSR count). The van der Waals surface area contributed by atoms with Crippen LogP contribution in [-0.2, 0) is 6.61 Å². The summed E-state index contributed by atoms with van der Waals surface area (Å²) in [6.07, 6.45) is 3.87. The summed E-state index contributed by atoms with van der Waals surface area (Å²) >= 11 is 0. The van der Waals surface area contributed by atoms with Crippen LogP contribution in [0.1, 0.15) is 5.56 Å². The first-order chi connectivity index (χ1) is 12.2. The maximum absolute atomic E-state index is 13.0. The lowest BCUT2D eigenvalue weighted by Crippen LogP contribution is -1.97. The van der Waals surface area contributed by atoms with Gasteiger partial charge in [0.15, 0.2) is 11.4 Å². The van der Waals surface area contributed by atoms with Crippen molar-refractivity contribution in [3.8, 4) is 17.0 Å². The van der Waals surface area contributed by atoms with Crippen LogP contribution >= 0.6 is 0 Å². The van der Waals surface area contributed by atoms with Crippen molar-refractivity contribution in [3.05, 3.63) is 84.4 Å². The van der Waals surface area contributed by atoms with Crippen molar-refractivity contribution < 1.29 is 9.13 Å². The number of nitrogens with zero attached hydrogens (tertiary/aromatic N) is 2. The van der Waals surface area contributed by atoms with Gasteiger partial charge in [0.25, 0.3) is 0 Å². The summed E-state index contributed by atoms with van der Waals surface area (Å²) in [5.41, 5.74) is 9.92. The van der Waals surface area contributed by atoms with Crippen molar-refractivity contribution in [3.63, 3.8) is 0 Å².